The second-order valence-corrected chi connectivity index (χ2v) is 7.88. The van der Waals surface area contributed by atoms with Crippen LogP contribution in [-0.4, -0.2) is 71.5 Å². The van der Waals surface area contributed by atoms with E-state index in [-0.39, 0.29) is 11.8 Å². The molecule has 2 aliphatic heterocycles. The Bertz CT molecular complexity index is 657. The number of ether oxygens (including phenoxy) is 1. The fourth-order valence-corrected chi connectivity index (χ4v) is 4.27. The molecule has 0 saturated carbocycles. The number of thioether (sulfide) groups is 1. The minimum atomic E-state index is 0.0561. The molecule has 0 atom stereocenters. The second kappa shape index (κ2) is 8.73. The lowest BCUT2D eigenvalue weighted by Gasteiger charge is -2.36. The molecule has 2 saturated heterocycles. The maximum absolute atomic E-state index is 12.4. The third-order valence-corrected chi connectivity index (χ3v) is 6.12. The zero-order valence-corrected chi connectivity index (χ0v) is 16.5. The van der Waals surface area contributed by atoms with Crippen LogP contribution in [0, 0.1) is 0 Å². The van der Waals surface area contributed by atoms with E-state index in [0.29, 0.717) is 29.5 Å². The molecule has 0 spiro atoms. The number of hydrogen-bond acceptors (Lipinski definition) is 6. The SMILES string of the molecule is COc1ccc(N2CCN(C(=O)CCCN3C(=O)CSC3=S)CC2)cc1. The van der Waals surface area contributed by atoms with Gasteiger partial charge in [-0.3, -0.25) is 14.5 Å². The maximum Gasteiger partial charge on any atom is 0.238 e. The van der Waals surface area contributed by atoms with E-state index >= 15 is 0 Å². The molecular formula is C18H23N3O3S2. The minimum Gasteiger partial charge on any atom is -0.497 e. The average molecular weight is 394 g/mol. The van der Waals surface area contributed by atoms with Gasteiger partial charge in [0.05, 0.1) is 12.9 Å². The molecule has 0 bridgehead atoms. The fraction of sp³-hybridized carbons (Fsp3) is 0.500. The summed E-state index contributed by atoms with van der Waals surface area (Å²) in [6, 6.07) is 8.00. The van der Waals surface area contributed by atoms with Crippen molar-refractivity contribution >= 4 is 45.8 Å². The van der Waals surface area contributed by atoms with Crippen molar-refractivity contribution in [3.8, 4) is 5.75 Å². The monoisotopic (exact) mass is 393 g/mol. The highest BCUT2D eigenvalue weighted by Gasteiger charge is 2.27. The number of hydrogen-bond donors (Lipinski definition) is 0. The van der Waals surface area contributed by atoms with Crippen LogP contribution in [0.4, 0.5) is 5.69 Å². The van der Waals surface area contributed by atoms with Crippen molar-refractivity contribution in [1.29, 1.82) is 0 Å². The molecule has 2 amide bonds. The molecule has 0 aliphatic carbocycles. The van der Waals surface area contributed by atoms with Crippen LogP contribution in [0.25, 0.3) is 0 Å². The molecule has 0 aromatic heterocycles. The van der Waals surface area contributed by atoms with Gasteiger partial charge in [0.15, 0.2) is 0 Å². The van der Waals surface area contributed by atoms with Gasteiger partial charge in [-0.05, 0) is 30.7 Å². The molecule has 2 aliphatic rings. The Hall–Kier alpha value is -1.80. The highest BCUT2D eigenvalue weighted by atomic mass is 32.2. The predicted molar refractivity (Wildman–Crippen MR) is 108 cm³/mol. The molecule has 6 nitrogen and oxygen atoms in total. The lowest BCUT2D eigenvalue weighted by Crippen LogP contribution is -2.48. The van der Waals surface area contributed by atoms with Crippen LogP contribution in [0.2, 0.25) is 0 Å². The van der Waals surface area contributed by atoms with E-state index in [2.05, 4.69) is 4.90 Å². The Morgan fingerprint density at radius 2 is 1.88 bits per heavy atom. The van der Waals surface area contributed by atoms with Gasteiger partial charge in [-0.25, -0.2) is 0 Å². The average Bonchev–Trinajstić information content (AvgIpc) is 3.00. The van der Waals surface area contributed by atoms with Crippen molar-refractivity contribution in [2.24, 2.45) is 0 Å². The number of rotatable bonds is 6. The van der Waals surface area contributed by atoms with Crippen LogP contribution in [0.5, 0.6) is 5.75 Å². The number of anilines is 1. The number of nitrogens with zero attached hydrogens (tertiary/aromatic N) is 3. The molecule has 26 heavy (non-hydrogen) atoms. The summed E-state index contributed by atoms with van der Waals surface area (Å²) >= 11 is 6.56. The van der Waals surface area contributed by atoms with Crippen LogP contribution in [0.15, 0.2) is 24.3 Å². The molecule has 0 radical (unpaired) electrons. The van der Waals surface area contributed by atoms with Crippen LogP contribution < -0.4 is 9.64 Å². The van der Waals surface area contributed by atoms with Crippen molar-refractivity contribution in [2.75, 3.05) is 50.5 Å². The fourth-order valence-electron chi connectivity index (χ4n) is 3.15. The number of carbonyl (C=O) groups excluding carboxylic acids is 2. The van der Waals surface area contributed by atoms with Crippen LogP contribution in [0.1, 0.15) is 12.8 Å². The lowest BCUT2D eigenvalue weighted by molar-refractivity contribution is -0.132. The minimum absolute atomic E-state index is 0.0561. The first-order valence-corrected chi connectivity index (χ1v) is 10.1. The molecule has 1 aromatic rings. The highest BCUT2D eigenvalue weighted by Crippen LogP contribution is 2.21. The number of piperazine rings is 1. The Kier molecular flexibility index (Phi) is 6.37. The first-order valence-electron chi connectivity index (χ1n) is 8.72. The standard InChI is InChI=1S/C18H23N3O3S2/c1-24-15-6-4-14(5-7-15)19-9-11-20(12-10-19)16(22)3-2-8-21-17(23)13-26-18(21)25/h4-7H,2-3,8-13H2,1H3. The number of carbonyl (C=O) groups is 2. The zero-order chi connectivity index (χ0) is 18.5. The van der Waals surface area contributed by atoms with Gasteiger partial charge in [0, 0.05) is 44.8 Å². The van der Waals surface area contributed by atoms with Gasteiger partial charge < -0.3 is 14.5 Å². The molecule has 1 aromatic carbocycles. The van der Waals surface area contributed by atoms with E-state index < -0.39 is 0 Å². The molecule has 0 N–H and O–H groups in total. The van der Waals surface area contributed by atoms with E-state index in [1.165, 1.54) is 11.8 Å². The van der Waals surface area contributed by atoms with Gasteiger partial charge in [0.25, 0.3) is 0 Å². The number of amides is 2. The Balaban J connectivity index is 1.41. The Morgan fingerprint density at radius 1 is 1.19 bits per heavy atom. The lowest BCUT2D eigenvalue weighted by atomic mass is 10.2. The Labute approximate surface area is 163 Å². The second-order valence-electron chi connectivity index (χ2n) is 6.27. The summed E-state index contributed by atoms with van der Waals surface area (Å²) in [5, 5.41) is 0. The van der Waals surface area contributed by atoms with Gasteiger partial charge in [0.1, 0.15) is 10.1 Å². The zero-order valence-electron chi connectivity index (χ0n) is 14.8. The summed E-state index contributed by atoms with van der Waals surface area (Å²) in [7, 11) is 1.66. The summed E-state index contributed by atoms with van der Waals surface area (Å²) in [4.78, 5) is 29.9. The van der Waals surface area contributed by atoms with E-state index in [1.807, 2.05) is 29.2 Å². The van der Waals surface area contributed by atoms with Gasteiger partial charge in [-0.15, -0.1) is 0 Å². The maximum atomic E-state index is 12.4. The normalized spacial score (nSPS) is 17.8. The summed E-state index contributed by atoms with van der Waals surface area (Å²) in [6.07, 6.45) is 1.11. The Morgan fingerprint density at radius 3 is 2.46 bits per heavy atom. The van der Waals surface area contributed by atoms with Crippen molar-refractivity contribution in [3.05, 3.63) is 24.3 Å². The summed E-state index contributed by atoms with van der Waals surface area (Å²) in [5.74, 6) is 1.49. The summed E-state index contributed by atoms with van der Waals surface area (Å²) in [6.45, 7) is 3.64. The predicted octanol–water partition coefficient (Wildman–Crippen LogP) is 1.98. The van der Waals surface area contributed by atoms with Crippen LogP contribution >= 0.6 is 24.0 Å². The topological polar surface area (TPSA) is 53.1 Å². The van der Waals surface area contributed by atoms with Crippen molar-refractivity contribution < 1.29 is 14.3 Å². The van der Waals surface area contributed by atoms with Crippen molar-refractivity contribution in [1.82, 2.24) is 9.80 Å². The van der Waals surface area contributed by atoms with Crippen molar-refractivity contribution in [2.45, 2.75) is 12.8 Å². The third kappa shape index (κ3) is 4.48. The molecule has 3 rings (SSSR count). The van der Waals surface area contributed by atoms with E-state index in [4.69, 9.17) is 17.0 Å². The number of benzene rings is 1. The molecule has 0 unspecified atom stereocenters. The van der Waals surface area contributed by atoms with Gasteiger partial charge >= 0.3 is 0 Å². The number of thiocarbonyl (C=S) groups is 1. The van der Waals surface area contributed by atoms with Crippen molar-refractivity contribution in [3.63, 3.8) is 0 Å². The first kappa shape index (κ1) is 19.0. The van der Waals surface area contributed by atoms with Gasteiger partial charge in [-0.2, -0.15) is 0 Å². The summed E-state index contributed by atoms with van der Waals surface area (Å²) in [5.41, 5.74) is 1.15. The number of methoxy groups -OCH3 is 1. The largest absolute Gasteiger partial charge is 0.497 e. The van der Waals surface area contributed by atoms with Crippen LogP contribution in [-0.2, 0) is 9.59 Å². The third-order valence-electron chi connectivity index (χ3n) is 4.68. The van der Waals surface area contributed by atoms with Gasteiger partial charge in [-0.1, -0.05) is 24.0 Å². The van der Waals surface area contributed by atoms with E-state index in [1.54, 1.807) is 12.0 Å². The first-order chi connectivity index (χ1) is 12.6. The molecule has 2 fully saturated rings. The quantitative estimate of drug-likeness (QED) is 0.689. The molecule has 2 heterocycles. The van der Waals surface area contributed by atoms with Gasteiger partial charge in [0.2, 0.25) is 11.8 Å². The smallest absolute Gasteiger partial charge is 0.238 e. The molecule has 140 valence electrons. The molecular weight excluding hydrogens is 370 g/mol. The van der Waals surface area contributed by atoms with Crippen LogP contribution in [0.3, 0.4) is 0 Å². The molecule has 8 heteroatoms. The highest BCUT2D eigenvalue weighted by molar-refractivity contribution is 8.23. The summed E-state index contributed by atoms with van der Waals surface area (Å²) < 4.78 is 5.82. The van der Waals surface area contributed by atoms with E-state index in [9.17, 15) is 9.59 Å². The van der Waals surface area contributed by atoms with E-state index in [0.717, 1.165) is 37.6 Å².